The smallest absolute Gasteiger partial charge is 0.293 e. The van der Waals surface area contributed by atoms with Crippen molar-refractivity contribution in [1.82, 2.24) is 0 Å². The average molecular weight is 405 g/mol. The highest BCUT2D eigenvalue weighted by Gasteiger charge is 2.23. The van der Waals surface area contributed by atoms with Crippen LogP contribution in [0, 0.1) is 19.8 Å². The van der Waals surface area contributed by atoms with Gasteiger partial charge >= 0.3 is 0 Å². The summed E-state index contributed by atoms with van der Waals surface area (Å²) in [6.45, 7) is 4.03. The minimum absolute atomic E-state index is 0.0753. The third-order valence-corrected chi connectivity index (χ3v) is 6.09. The number of carbonyl (C=O) groups is 2. The molecule has 0 unspecified atom stereocenters. The summed E-state index contributed by atoms with van der Waals surface area (Å²) < 4.78 is 5.84. The molecule has 2 aromatic carbocycles. The average Bonchev–Trinajstić information content (AvgIpc) is 3.38. The molecule has 1 aliphatic rings. The molecule has 0 bridgehead atoms. The van der Waals surface area contributed by atoms with Gasteiger partial charge in [0.1, 0.15) is 11.3 Å². The number of anilines is 2. The van der Waals surface area contributed by atoms with Crippen molar-refractivity contribution in [3.05, 3.63) is 59.4 Å². The molecular formula is C25H28N2O3. The van der Waals surface area contributed by atoms with Crippen LogP contribution in [0.4, 0.5) is 11.4 Å². The number of aryl methyl sites for hydroxylation is 2. The molecule has 1 fully saturated rings. The van der Waals surface area contributed by atoms with Gasteiger partial charge in [-0.1, -0.05) is 43.9 Å². The Bertz CT molecular complexity index is 1080. The van der Waals surface area contributed by atoms with Crippen LogP contribution < -0.4 is 10.6 Å². The normalized spacial score (nSPS) is 14.2. The molecule has 1 aromatic heterocycles. The van der Waals surface area contributed by atoms with E-state index in [1.165, 1.54) is 25.7 Å². The Morgan fingerprint density at radius 2 is 1.77 bits per heavy atom. The van der Waals surface area contributed by atoms with Gasteiger partial charge in [-0.3, -0.25) is 9.59 Å². The number of nitrogens with one attached hydrogen (secondary N) is 2. The zero-order valence-electron chi connectivity index (χ0n) is 17.6. The predicted octanol–water partition coefficient (Wildman–Crippen LogP) is 6.21. The Kier molecular flexibility index (Phi) is 5.88. The summed E-state index contributed by atoms with van der Waals surface area (Å²) in [5.41, 5.74) is 3.98. The van der Waals surface area contributed by atoms with Gasteiger partial charge in [0, 0.05) is 17.5 Å². The number of amides is 2. The van der Waals surface area contributed by atoms with E-state index in [1.807, 2.05) is 50.2 Å². The SMILES string of the molecule is Cc1ccc(NC(=O)c2oc3ccccc3c2NC(=O)CCC2CCCC2)cc1C. The lowest BCUT2D eigenvalue weighted by Crippen LogP contribution is -2.17. The van der Waals surface area contributed by atoms with Crippen molar-refractivity contribution in [1.29, 1.82) is 0 Å². The largest absolute Gasteiger partial charge is 0.449 e. The zero-order chi connectivity index (χ0) is 21.1. The van der Waals surface area contributed by atoms with Gasteiger partial charge in [-0.25, -0.2) is 0 Å². The van der Waals surface area contributed by atoms with E-state index in [0.29, 0.717) is 29.3 Å². The summed E-state index contributed by atoms with van der Waals surface area (Å²) >= 11 is 0. The first-order valence-corrected chi connectivity index (χ1v) is 10.7. The highest BCUT2D eigenvalue weighted by atomic mass is 16.3. The minimum atomic E-state index is -0.374. The molecule has 0 aliphatic heterocycles. The van der Waals surface area contributed by atoms with E-state index in [0.717, 1.165) is 22.9 Å². The molecule has 5 heteroatoms. The Balaban J connectivity index is 1.55. The molecule has 0 spiro atoms. The van der Waals surface area contributed by atoms with Crippen molar-refractivity contribution >= 4 is 34.2 Å². The third-order valence-electron chi connectivity index (χ3n) is 6.09. The fraction of sp³-hybridized carbons (Fsp3) is 0.360. The van der Waals surface area contributed by atoms with Gasteiger partial charge in [0.2, 0.25) is 11.7 Å². The van der Waals surface area contributed by atoms with Crippen LogP contribution in [-0.2, 0) is 4.79 Å². The highest BCUT2D eigenvalue weighted by Crippen LogP contribution is 2.33. The van der Waals surface area contributed by atoms with Crippen LogP contribution in [0.5, 0.6) is 0 Å². The van der Waals surface area contributed by atoms with Crippen molar-refractivity contribution in [3.63, 3.8) is 0 Å². The van der Waals surface area contributed by atoms with Crippen molar-refractivity contribution in [2.75, 3.05) is 10.6 Å². The topological polar surface area (TPSA) is 71.3 Å². The Hall–Kier alpha value is -3.08. The second-order valence-electron chi connectivity index (χ2n) is 8.29. The summed E-state index contributed by atoms with van der Waals surface area (Å²) in [4.78, 5) is 25.6. The standard InChI is InChI=1S/C25H28N2O3/c1-16-11-13-19(15-17(16)2)26-25(29)24-23(20-9-5-6-10-21(20)30-24)27-22(28)14-12-18-7-3-4-8-18/h5-6,9-11,13,15,18H,3-4,7-8,12,14H2,1-2H3,(H,26,29)(H,27,28). The molecule has 0 atom stereocenters. The zero-order valence-corrected chi connectivity index (χ0v) is 17.6. The van der Waals surface area contributed by atoms with Crippen LogP contribution in [0.1, 0.15) is 60.2 Å². The minimum Gasteiger partial charge on any atom is -0.449 e. The molecule has 1 saturated carbocycles. The van der Waals surface area contributed by atoms with E-state index >= 15 is 0 Å². The molecular weight excluding hydrogens is 376 g/mol. The van der Waals surface area contributed by atoms with Crippen molar-refractivity contribution < 1.29 is 14.0 Å². The molecule has 0 radical (unpaired) electrons. The van der Waals surface area contributed by atoms with Crippen molar-refractivity contribution in [2.45, 2.75) is 52.4 Å². The number of rotatable bonds is 6. The van der Waals surface area contributed by atoms with Crippen molar-refractivity contribution in [3.8, 4) is 0 Å². The van der Waals surface area contributed by atoms with Gasteiger partial charge in [-0.05, 0) is 61.6 Å². The molecule has 2 N–H and O–H groups in total. The number of hydrogen-bond acceptors (Lipinski definition) is 3. The number of benzene rings is 2. The van der Waals surface area contributed by atoms with E-state index in [2.05, 4.69) is 10.6 Å². The van der Waals surface area contributed by atoms with E-state index in [4.69, 9.17) is 4.42 Å². The monoisotopic (exact) mass is 404 g/mol. The van der Waals surface area contributed by atoms with E-state index in [1.54, 1.807) is 6.07 Å². The fourth-order valence-electron chi connectivity index (χ4n) is 4.17. The number of para-hydroxylation sites is 1. The maximum atomic E-state index is 13.0. The number of hydrogen-bond donors (Lipinski definition) is 2. The third kappa shape index (κ3) is 4.40. The first-order valence-electron chi connectivity index (χ1n) is 10.7. The summed E-state index contributed by atoms with van der Waals surface area (Å²) in [6, 6.07) is 13.1. The lowest BCUT2D eigenvalue weighted by atomic mass is 10.0. The fourth-order valence-corrected chi connectivity index (χ4v) is 4.17. The van der Waals surface area contributed by atoms with E-state index < -0.39 is 0 Å². The lowest BCUT2D eigenvalue weighted by molar-refractivity contribution is -0.116. The van der Waals surface area contributed by atoms with Crippen LogP contribution in [0.3, 0.4) is 0 Å². The maximum Gasteiger partial charge on any atom is 0.293 e. The van der Waals surface area contributed by atoms with E-state index in [-0.39, 0.29) is 17.6 Å². The predicted molar refractivity (Wildman–Crippen MR) is 120 cm³/mol. The molecule has 5 nitrogen and oxygen atoms in total. The second-order valence-corrected chi connectivity index (χ2v) is 8.29. The first kappa shape index (κ1) is 20.2. The molecule has 3 aromatic rings. The van der Waals surface area contributed by atoms with Crippen LogP contribution in [-0.4, -0.2) is 11.8 Å². The summed E-state index contributed by atoms with van der Waals surface area (Å²) in [5, 5.41) is 6.58. The Labute approximate surface area is 176 Å². The number of fused-ring (bicyclic) bond motifs is 1. The molecule has 1 heterocycles. The maximum absolute atomic E-state index is 13.0. The molecule has 1 aliphatic carbocycles. The van der Waals surface area contributed by atoms with E-state index in [9.17, 15) is 9.59 Å². The lowest BCUT2D eigenvalue weighted by Gasteiger charge is -2.10. The Morgan fingerprint density at radius 1 is 1.00 bits per heavy atom. The van der Waals surface area contributed by atoms with Gasteiger partial charge in [0.15, 0.2) is 0 Å². The summed E-state index contributed by atoms with van der Waals surface area (Å²) in [7, 11) is 0. The van der Waals surface area contributed by atoms with Gasteiger partial charge in [0.05, 0.1) is 0 Å². The van der Waals surface area contributed by atoms with Gasteiger partial charge in [-0.15, -0.1) is 0 Å². The summed E-state index contributed by atoms with van der Waals surface area (Å²) in [6.07, 6.45) is 6.31. The van der Waals surface area contributed by atoms with Gasteiger partial charge < -0.3 is 15.1 Å². The number of carbonyl (C=O) groups excluding carboxylic acids is 2. The molecule has 2 amide bonds. The molecule has 4 rings (SSSR count). The van der Waals surface area contributed by atoms with Crippen molar-refractivity contribution in [2.24, 2.45) is 5.92 Å². The molecule has 0 saturated heterocycles. The highest BCUT2D eigenvalue weighted by molar-refractivity contribution is 6.14. The van der Waals surface area contributed by atoms with Crippen LogP contribution in [0.25, 0.3) is 11.0 Å². The van der Waals surface area contributed by atoms with Gasteiger partial charge in [-0.2, -0.15) is 0 Å². The second kappa shape index (κ2) is 8.74. The number of furan rings is 1. The van der Waals surface area contributed by atoms with Crippen LogP contribution in [0.15, 0.2) is 46.9 Å². The molecule has 156 valence electrons. The van der Waals surface area contributed by atoms with Crippen LogP contribution in [0.2, 0.25) is 0 Å². The first-order chi connectivity index (χ1) is 14.5. The van der Waals surface area contributed by atoms with Crippen LogP contribution >= 0.6 is 0 Å². The van der Waals surface area contributed by atoms with Gasteiger partial charge in [0.25, 0.3) is 5.91 Å². The quantitative estimate of drug-likeness (QED) is 0.513. The summed E-state index contributed by atoms with van der Waals surface area (Å²) in [5.74, 6) is 0.322. The molecule has 30 heavy (non-hydrogen) atoms. The Morgan fingerprint density at radius 3 is 2.53 bits per heavy atom.